The van der Waals surface area contributed by atoms with Crippen molar-refractivity contribution in [2.24, 2.45) is 0 Å². The molecule has 1 N–H and O–H groups in total. The number of benzene rings is 2. The van der Waals surface area contributed by atoms with E-state index in [0.29, 0.717) is 27.8 Å². The lowest BCUT2D eigenvalue weighted by atomic mass is 10.1. The number of imidazole rings is 1. The Bertz CT molecular complexity index is 917. The van der Waals surface area contributed by atoms with Crippen LogP contribution in [0.25, 0.3) is 11.0 Å². The Morgan fingerprint density at radius 2 is 1.91 bits per heavy atom. The molecule has 1 heterocycles. The summed E-state index contributed by atoms with van der Waals surface area (Å²) in [4.78, 5) is 8.30. The number of H-pyrrole nitrogens is 1. The highest BCUT2D eigenvalue weighted by Crippen LogP contribution is 2.33. The summed E-state index contributed by atoms with van der Waals surface area (Å²) in [7, 11) is 0. The Hall–Kier alpha value is -2.96. The van der Waals surface area contributed by atoms with Crippen LogP contribution in [0.3, 0.4) is 0 Å². The molecule has 0 fully saturated rings. The largest absolute Gasteiger partial charge is 0.494 e. The van der Waals surface area contributed by atoms with Gasteiger partial charge in [0.25, 0.3) is 0 Å². The van der Waals surface area contributed by atoms with Crippen LogP contribution in [0.2, 0.25) is 0 Å². The van der Waals surface area contributed by atoms with Crippen LogP contribution < -0.4 is 4.74 Å². The van der Waals surface area contributed by atoms with Gasteiger partial charge >= 0.3 is 0 Å². The second kappa shape index (κ2) is 6.43. The molecule has 0 radical (unpaired) electrons. The summed E-state index contributed by atoms with van der Waals surface area (Å²) in [5.74, 6) is 0.773. The molecule has 0 atom stereocenters. The summed E-state index contributed by atoms with van der Waals surface area (Å²) in [5.41, 5.74) is 2.59. The molecule has 6 heteroatoms. The first-order valence-electron chi connectivity index (χ1n) is 6.98. The summed E-state index contributed by atoms with van der Waals surface area (Å²) in [6, 6.07) is 15.0. The Morgan fingerprint density at radius 3 is 2.57 bits per heavy atom. The third-order valence-electron chi connectivity index (χ3n) is 3.20. The van der Waals surface area contributed by atoms with Gasteiger partial charge in [-0.2, -0.15) is 10.5 Å². The highest BCUT2D eigenvalue weighted by Gasteiger charge is 2.13. The third kappa shape index (κ3) is 2.98. The smallest absolute Gasteiger partial charge is 0.171 e. The Morgan fingerprint density at radius 1 is 1.17 bits per heavy atom. The SMILES string of the molecule is CCOc1ccc2nc(Sc3c(C#N)cccc3C#N)[nH]c2c1. The molecule has 3 aromatic rings. The Labute approximate surface area is 137 Å². The molecule has 112 valence electrons. The maximum Gasteiger partial charge on any atom is 0.171 e. The van der Waals surface area contributed by atoms with Crippen molar-refractivity contribution in [2.75, 3.05) is 6.61 Å². The summed E-state index contributed by atoms with van der Waals surface area (Å²) in [6.45, 7) is 2.53. The van der Waals surface area contributed by atoms with E-state index in [4.69, 9.17) is 4.74 Å². The molecule has 1 aromatic heterocycles. The fourth-order valence-electron chi connectivity index (χ4n) is 2.19. The fraction of sp³-hybridized carbons (Fsp3) is 0.118. The standard InChI is InChI=1S/C17H12N4OS/c1-2-22-13-6-7-14-15(8-13)21-17(20-14)23-16-11(9-18)4-3-5-12(16)10-19/h3-8H,2H2,1H3,(H,20,21). The molecular formula is C17H12N4OS. The van der Waals surface area contributed by atoms with Crippen LogP contribution in [0.15, 0.2) is 46.5 Å². The molecule has 0 amide bonds. The van der Waals surface area contributed by atoms with Gasteiger partial charge in [-0.3, -0.25) is 0 Å². The van der Waals surface area contributed by atoms with E-state index in [1.165, 1.54) is 11.8 Å². The normalized spacial score (nSPS) is 10.2. The van der Waals surface area contributed by atoms with Gasteiger partial charge in [0.15, 0.2) is 5.16 Å². The number of rotatable bonds is 4. The first-order chi connectivity index (χ1) is 11.2. The second-order valence-corrected chi connectivity index (χ2v) is 5.66. The lowest BCUT2D eigenvalue weighted by Crippen LogP contribution is -1.90. The van der Waals surface area contributed by atoms with E-state index >= 15 is 0 Å². The minimum Gasteiger partial charge on any atom is -0.494 e. The summed E-state index contributed by atoms with van der Waals surface area (Å²) < 4.78 is 5.47. The van der Waals surface area contributed by atoms with Crippen LogP contribution >= 0.6 is 11.8 Å². The van der Waals surface area contributed by atoms with Crippen molar-refractivity contribution >= 4 is 22.8 Å². The van der Waals surface area contributed by atoms with Crippen LogP contribution in [-0.2, 0) is 0 Å². The predicted octanol–water partition coefficient (Wildman–Crippen LogP) is 3.86. The number of hydrogen-bond donors (Lipinski definition) is 1. The summed E-state index contributed by atoms with van der Waals surface area (Å²) in [6.07, 6.45) is 0. The summed E-state index contributed by atoms with van der Waals surface area (Å²) >= 11 is 1.28. The predicted molar refractivity (Wildman–Crippen MR) is 87.3 cm³/mol. The van der Waals surface area contributed by atoms with E-state index in [-0.39, 0.29) is 0 Å². The van der Waals surface area contributed by atoms with Gasteiger partial charge in [-0.25, -0.2) is 4.98 Å². The van der Waals surface area contributed by atoms with Crippen molar-refractivity contribution in [3.05, 3.63) is 47.5 Å². The Balaban J connectivity index is 2.00. The van der Waals surface area contributed by atoms with Gasteiger partial charge in [0.2, 0.25) is 0 Å². The van der Waals surface area contributed by atoms with Crippen LogP contribution in [-0.4, -0.2) is 16.6 Å². The second-order valence-electron chi connectivity index (χ2n) is 4.66. The Kier molecular flexibility index (Phi) is 4.18. The van der Waals surface area contributed by atoms with E-state index < -0.39 is 0 Å². The number of fused-ring (bicyclic) bond motifs is 1. The quantitative estimate of drug-likeness (QED) is 0.789. The van der Waals surface area contributed by atoms with Crippen molar-refractivity contribution in [1.82, 2.24) is 9.97 Å². The van der Waals surface area contributed by atoms with Gasteiger partial charge in [0.1, 0.15) is 17.9 Å². The molecule has 0 aliphatic carbocycles. The minimum atomic E-state index is 0.463. The minimum absolute atomic E-state index is 0.463. The van der Waals surface area contributed by atoms with Crippen LogP contribution in [0.1, 0.15) is 18.1 Å². The first-order valence-corrected chi connectivity index (χ1v) is 7.80. The van der Waals surface area contributed by atoms with Crippen molar-refractivity contribution in [2.45, 2.75) is 17.0 Å². The van der Waals surface area contributed by atoms with E-state index in [0.717, 1.165) is 16.8 Å². The molecule has 0 aliphatic heterocycles. The molecule has 5 nitrogen and oxygen atoms in total. The number of nitrogens with zero attached hydrogens (tertiary/aromatic N) is 3. The molecule has 0 unspecified atom stereocenters. The topological polar surface area (TPSA) is 85.5 Å². The number of ether oxygens (including phenoxy) is 1. The van der Waals surface area contributed by atoms with Gasteiger partial charge in [-0.15, -0.1) is 0 Å². The van der Waals surface area contributed by atoms with Gasteiger partial charge in [0, 0.05) is 6.07 Å². The van der Waals surface area contributed by atoms with E-state index in [1.807, 2.05) is 25.1 Å². The van der Waals surface area contributed by atoms with Crippen molar-refractivity contribution in [3.63, 3.8) is 0 Å². The lowest BCUT2D eigenvalue weighted by Gasteiger charge is -2.03. The average Bonchev–Trinajstić information content (AvgIpc) is 2.97. The van der Waals surface area contributed by atoms with E-state index in [2.05, 4.69) is 22.1 Å². The average molecular weight is 320 g/mol. The highest BCUT2D eigenvalue weighted by atomic mass is 32.2. The van der Waals surface area contributed by atoms with Crippen LogP contribution in [0.5, 0.6) is 5.75 Å². The number of nitrogens with one attached hydrogen (secondary N) is 1. The molecule has 0 spiro atoms. The van der Waals surface area contributed by atoms with Gasteiger partial charge in [-0.1, -0.05) is 6.07 Å². The van der Waals surface area contributed by atoms with Crippen LogP contribution in [0.4, 0.5) is 0 Å². The molecule has 3 rings (SSSR count). The third-order valence-corrected chi connectivity index (χ3v) is 4.23. The van der Waals surface area contributed by atoms with E-state index in [1.54, 1.807) is 18.2 Å². The monoisotopic (exact) mass is 320 g/mol. The zero-order valence-corrected chi connectivity index (χ0v) is 13.1. The molecule has 0 aliphatic rings. The fourth-order valence-corrected chi connectivity index (χ4v) is 3.14. The maximum atomic E-state index is 9.23. The van der Waals surface area contributed by atoms with Gasteiger partial charge in [0.05, 0.1) is 33.7 Å². The number of nitriles is 2. The summed E-state index contributed by atoms with van der Waals surface area (Å²) in [5, 5.41) is 19.1. The number of aromatic nitrogens is 2. The highest BCUT2D eigenvalue weighted by molar-refractivity contribution is 7.99. The molecule has 23 heavy (non-hydrogen) atoms. The van der Waals surface area contributed by atoms with Gasteiger partial charge in [-0.05, 0) is 43.0 Å². The number of aromatic amines is 1. The zero-order valence-electron chi connectivity index (χ0n) is 12.3. The molecule has 2 aromatic carbocycles. The van der Waals surface area contributed by atoms with Crippen molar-refractivity contribution < 1.29 is 4.74 Å². The van der Waals surface area contributed by atoms with Crippen LogP contribution in [0, 0.1) is 22.7 Å². The lowest BCUT2D eigenvalue weighted by molar-refractivity contribution is 0.340. The van der Waals surface area contributed by atoms with Crippen molar-refractivity contribution in [1.29, 1.82) is 10.5 Å². The maximum absolute atomic E-state index is 9.23. The molecular weight excluding hydrogens is 308 g/mol. The number of hydrogen-bond acceptors (Lipinski definition) is 5. The van der Waals surface area contributed by atoms with E-state index in [9.17, 15) is 10.5 Å². The zero-order chi connectivity index (χ0) is 16.2. The molecule has 0 bridgehead atoms. The van der Waals surface area contributed by atoms with Crippen molar-refractivity contribution in [3.8, 4) is 17.9 Å². The first kappa shape index (κ1) is 15.0. The molecule has 0 saturated carbocycles. The van der Waals surface area contributed by atoms with Gasteiger partial charge < -0.3 is 9.72 Å². The molecule has 0 saturated heterocycles.